The largest absolute Gasteiger partial charge is 0.497 e. The molecule has 5 heteroatoms. The van der Waals surface area contributed by atoms with Crippen LogP contribution in [-0.4, -0.2) is 21.9 Å². The first-order valence-corrected chi connectivity index (χ1v) is 7.36. The molecule has 1 aromatic heterocycles. The Labute approximate surface area is 134 Å². The molecule has 3 rings (SSSR count). The van der Waals surface area contributed by atoms with E-state index in [2.05, 4.69) is 22.2 Å². The fourth-order valence-corrected chi connectivity index (χ4v) is 2.54. The highest BCUT2D eigenvalue weighted by Gasteiger charge is 2.15. The Kier molecular flexibility index (Phi) is 4.39. The van der Waals surface area contributed by atoms with Gasteiger partial charge >= 0.3 is 0 Å². The van der Waals surface area contributed by atoms with Crippen molar-refractivity contribution in [3.8, 4) is 5.75 Å². The fourth-order valence-electron chi connectivity index (χ4n) is 2.41. The molecule has 0 radical (unpaired) electrons. The number of rotatable bonds is 5. The molecular weight excluding hydrogens is 298 g/mol. The predicted octanol–water partition coefficient (Wildman–Crippen LogP) is 3.77. The van der Waals surface area contributed by atoms with Crippen LogP contribution in [0.3, 0.4) is 0 Å². The summed E-state index contributed by atoms with van der Waals surface area (Å²) >= 11 is 5.96. The van der Waals surface area contributed by atoms with Crippen molar-refractivity contribution in [3.63, 3.8) is 0 Å². The third-order valence-corrected chi connectivity index (χ3v) is 3.85. The maximum Gasteiger partial charge on any atom is 0.137 e. The standard InChI is InChI=1S/C17H16ClN3O/c1-22-16-8-4-14(5-9-16)17(21-12-19-11-20-21)10-13-2-6-15(18)7-3-13/h2-9,11-12,17H,10H2,1H3. The van der Waals surface area contributed by atoms with Crippen LogP contribution in [0.5, 0.6) is 5.75 Å². The van der Waals surface area contributed by atoms with Crippen molar-refractivity contribution in [1.82, 2.24) is 14.8 Å². The highest BCUT2D eigenvalue weighted by atomic mass is 35.5. The van der Waals surface area contributed by atoms with E-state index in [1.807, 2.05) is 41.1 Å². The molecule has 0 N–H and O–H groups in total. The lowest BCUT2D eigenvalue weighted by molar-refractivity contribution is 0.414. The Morgan fingerprint density at radius 1 is 1.09 bits per heavy atom. The maximum absolute atomic E-state index is 5.96. The quantitative estimate of drug-likeness (QED) is 0.720. The van der Waals surface area contributed by atoms with Gasteiger partial charge in [-0.25, -0.2) is 9.67 Å². The number of benzene rings is 2. The third-order valence-electron chi connectivity index (χ3n) is 3.60. The molecule has 0 aliphatic carbocycles. The first-order valence-electron chi connectivity index (χ1n) is 6.99. The molecule has 0 aliphatic rings. The van der Waals surface area contributed by atoms with Crippen LogP contribution in [0, 0.1) is 0 Å². The van der Waals surface area contributed by atoms with E-state index in [4.69, 9.17) is 16.3 Å². The molecule has 22 heavy (non-hydrogen) atoms. The molecule has 0 saturated heterocycles. The summed E-state index contributed by atoms with van der Waals surface area (Å²) in [6.45, 7) is 0. The van der Waals surface area contributed by atoms with Gasteiger partial charge in [0.25, 0.3) is 0 Å². The third kappa shape index (κ3) is 3.28. The van der Waals surface area contributed by atoms with Gasteiger partial charge in [0.2, 0.25) is 0 Å². The lowest BCUT2D eigenvalue weighted by atomic mass is 9.99. The van der Waals surface area contributed by atoms with Crippen molar-refractivity contribution in [3.05, 3.63) is 77.3 Å². The van der Waals surface area contributed by atoms with Gasteiger partial charge in [0, 0.05) is 5.02 Å². The van der Waals surface area contributed by atoms with Crippen LogP contribution in [0.4, 0.5) is 0 Å². The minimum Gasteiger partial charge on any atom is -0.497 e. The van der Waals surface area contributed by atoms with E-state index < -0.39 is 0 Å². The number of ether oxygens (including phenoxy) is 1. The summed E-state index contributed by atoms with van der Waals surface area (Å²) < 4.78 is 7.09. The molecule has 3 aromatic rings. The van der Waals surface area contributed by atoms with E-state index in [9.17, 15) is 0 Å². The summed E-state index contributed by atoms with van der Waals surface area (Å²) in [6, 6.07) is 16.0. The van der Waals surface area contributed by atoms with Crippen LogP contribution in [-0.2, 0) is 6.42 Å². The molecule has 0 bridgehead atoms. The number of nitrogens with zero attached hydrogens (tertiary/aromatic N) is 3. The van der Waals surface area contributed by atoms with Crippen molar-refractivity contribution in [2.24, 2.45) is 0 Å². The van der Waals surface area contributed by atoms with E-state index in [1.165, 1.54) is 5.56 Å². The van der Waals surface area contributed by atoms with Gasteiger partial charge in [0.1, 0.15) is 18.4 Å². The second-order valence-corrected chi connectivity index (χ2v) is 5.43. The highest BCUT2D eigenvalue weighted by Crippen LogP contribution is 2.25. The van der Waals surface area contributed by atoms with E-state index in [-0.39, 0.29) is 6.04 Å². The number of hydrogen-bond donors (Lipinski definition) is 0. The molecule has 1 unspecified atom stereocenters. The Hall–Kier alpha value is -2.33. The molecule has 0 spiro atoms. The zero-order valence-electron chi connectivity index (χ0n) is 12.2. The van der Waals surface area contributed by atoms with Crippen molar-refractivity contribution >= 4 is 11.6 Å². The van der Waals surface area contributed by atoms with Crippen molar-refractivity contribution in [1.29, 1.82) is 0 Å². The zero-order valence-corrected chi connectivity index (χ0v) is 12.9. The van der Waals surface area contributed by atoms with Crippen LogP contribution in [0.1, 0.15) is 17.2 Å². The molecule has 0 amide bonds. The van der Waals surface area contributed by atoms with Crippen LogP contribution >= 0.6 is 11.6 Å². The second kappa shape index (κ2) is 6.62. The lowest BCUT2D eigenvalue weighted by Crippen LogP contribution is -2.14. The number of aromatic nitrogens is 3. The lowest BCUT2D eigenvalue weighted by Gasteiger charge is -2.18. The van der Waals surface area contributed by atoms with Gasteiger partial charge < -0.3 is 4.74 Å². The molecule has 4 nitrogen and oxygen atoms in total. The Balaban J connectivity index is 1.91. The van der Waals surface area contributed by atoms with Crippen molar-refractivity contribution < 1.29 is 4.74 Å². The number of halogens is 1. The van der Waals surface area contributed by atoms with Gasteiger partial charge in [-0.05, 0) is 41.8 Å². The van der Waals surface area contributed by atoms with Gasteiger partial charge in [0.05, 0.1) is 13.2 Å². The normalized spacial score (nSPS) is 12.1. The maximum atomic E-state index is 5.96. The summed E-state index contributed by atoms with van der Waals surface area (Å²) in [7, 11) is 1.66. The van der Waals surface area contributed by atoms with Gasteiger partial charge in [-0.1, -0.05) is 35.9 Å². The molecule has 0 fully saturated rings. The van der Waals surface area contributed by atoms with Crippen LogP contribution in [0.2, 0.25) is 5.02 Å². The average molecular weight is 314 g/mol. The molecule has 0 saturated carbocycles. The molecule has 112 valence electrons. The van der Waals surface area contributed by atoms with Crippen LogP contribution in [0.25, 0.3) is 0 Å². The minimum atomic E-state index is 0.0783. The summed E-state index contributed by atoms with van der Waals surface area (Å²) in [6.07, 6.45) is 4.11. The molecule has 1 atom stereocenters. The fraction of sp³-hybridized carbons (Fsp3) is 0.176. The van der Waals surface area contributed by atoms with Gasteiger partial charge in [-0.2, -0.15) is 5.10 Å². The van der Waals surface area contributed by atoms with E-state index in [1.54, 1.807) is 19.8 Å². The van der Waals surface area contributed by atoms with Crippen molar-refractivity contribution in [2.45, 2.75) is 12.5 Å². The summed E-state index contributed by atoms with van der Waals surface area (Å²) in [5.41, 5.74) is 2.35. The number of hydrogen-bond acceptors (Lipinski definition) is 3. The molecule has 1 heterocycles. The number of methoxy groups -OCH3 is 1. The first kappa shape index (κ1) is 14.6. The topological polar surface area (TPSA) is 39.9 Å². The monoisotopic (exact) mass is 313 g/mol. The van der Waals surface area contributed by atoms with E-state index in [0.29, 0.717) is 0 Å². The minimum absolute atomic E-state index is 0.0783. The smallest absolute Gasteiger partial charge is 0.137 e. The summed E-state index contributed by atoms with van der Waals surface area (Å²) in [5.74, 6) is 0.840. The van der Waals surface area contributed by atoms with Gasteiger partial charge in [-0.15, -0.1) is 0 Å². The van der Waals surface area contributed by atoms with Crippen molar-refractivity contribution in [2.75, 3.05) is 7.11 Å². The zero-order chi connectivity index (χ0) is 15.4. The van der Waals surface area contributed by atoms with E-state index in [0.717, 1.165) is 22.8 Å². The van der Waals surface area contributed by atoms with Crippen LogP contribution < -0.4 is 4.74 Å². The summed E-state index contributed by atoms with van der Waals surface area (Å²) in [4.78, 5) is 4.06. The Morgan fingerprint density at radius 3 is 2.41 bits per heavy atom. The predicted molar refractivity (Wildman–Crippen MR) is 86.3 cm³/mol. The molecule has 2 aromatic carbocycles. The molecular formula is C17H16ClN3O. The Bertz CT molecular complexity index is 709. The van der Waals surface area contributed by atoms with Crippen LogP contribution in [0.15, 0.2) is 61.2 Å². The molecule has 0 aliphatic heterocycles. The SMILES string of the molecule is COc1ccc(C(Cc2ccc(Cl)cc2)n2cncn2)cc1. The van der Waals surface area contributed by atoms with Gasteiger partial charge in [0.15, 0.2) is 0 Å². The second-order valence-electron chi connectivity index (χ2n) is 5.00. The average Bonchev–Trinajstić information content (AvgIpc) is 3.09. The first-order chi connectivity index (χ1) is 10.8. The summed E-state index contributed by atoms with van der Waals surface area (Å²) in [5, 5.41) is 5.04. The van der Waals surface area contributed by atoms with E-state index >= 15 is 0 Å². The van der Waals surface area contributed by atoms with Gasteiger partial charge in [-0.3, -0.25) is 0 Å². The highest BCUT2D eigenvalue weighted by molar-refractivity contribution is 6.30. The Morgan fingerprint density at radius 2 is 1.82 bits per heavy atom.